The Morgan fingerprint density at radius 1 is 1.13 bits per heavy atom. The molecule has 3 rings (SSSR count). The molecule has 30 heavy (non-hydrogen) atoms. The van der Waals surface area contributed by atoms with E-state index in [1.165, 1.54) is 27.1 Å². The number of aromatic nitrogens is 4. The van der Waals surface area contributed by atoms with E-state index < -0.39 is 42.4 Å². The monoisotopic (exact) mass is 596 g/mol. The summed E-state index contributed by atoms with van der Waals surface area (Å²) in [6.45, 7) is 3.52. The first-order valence-electron chi connectivity index (χ1n) is 8.79. The van der Waals surface area contributed by atoms with Gasteiger partial charge in [0.15, 0.2) is 28.8 Å². The molecule has 0 aromatic carbocycles. The summed E-state index contributed by atoms with van der Waals surface area (Å²) in [7, 11) is 0. The van der Waals surface area contributed by atoms with Gasteiger partial charge in [-0.05, 0) is 15.9 Å². The zero-order chi connectivity index (χ0) is 22.0. The van der Waals surface area contributed by atoms with Gasteiger partial charge < -0.3 is 18.9 Å². The van der Waals surface area contributed by atoms with Gasteiger partial charge in [0.2, 0.25) is 0 Å². The maximum Gasteiger partial charge on any atom is 0.303 e. The van der Waals surface area contributed by atoms with Crippen molar-refractivity contribution in [3.63, 3.8) is 0 Å². The summed E-state index contributed by atoms with van der Waals surface area (Å²) < 4.78 is 24.4. The summed E-state index contributed by atoms with van der Waals surface area (Å²) in [5.41, 5.74) is 1.71. The van der Waals surface area contributed by atoms with Crippen molar-refractivity contribution in [2.45, 2.75) is 49.7 Å². The van der Waals surface area contributed by atoms with E-state index in [9.17, 15) is 14.4 Å². The van der Waals surface area contributed by atoms with E-state index in [2.05, 4.69) is 53.5 Å². The van der Waals surface area contributed by atoms with Crippen LogP contribution in [0.3, 0.4) is 0 Å². The SMILES string of the molecule is CC(=O)OC[C@H]1OC(n2cnc3c(CI)nc(Br)nc32)C(OC(C)=O)[C@H]1OC(C)=O. The largest absolute Gasteiger partial charge is 0.463 e. The molecule has 0 N–H and O–H groups in total. The van der Waals surface area contributed by atoms with Crippen LogP contribution in [0.2, 0.25) is 0 Å². The van der Waals surface area contributed by atoms with Crippen LogP contribution in [0.15, 0.2) is 11.1 Å². The molecule has 0 amide bonds. The second-order valence-electron chi connectivity index (χ2n) is 6.41. The van der Waals surface area contributed by atoms with E-state index in [0.29, 0.717) is 26.0 Å². The molecule has 13 heteroatoms. The number of esters is 3. The van der Waals surface area contributed by atoms with Gasteiger partial charge in [-0.25, -0.2) is 15.0 Å². The number of nitrogens with zero attached hydrogens (tertiary/aromatic N) is 4. The molecule has 3 heterocycles. The van der Waals surface area contributed by atoms with Gasteiger partial charge in [0.05, 0.1) is 12.0 Å². The molecule has 0 aliphatic carbocycles. The highest BCUT2D eigenvalue weighted by Gasteiger charge is 2.51. The highest BCUT2D eigenvalue weighted by molar-refractivity contribution is 14.1. The van der Waals surface area contributed by atoms with Crippen LogP contribution in [0.25, 0.3) is 11.2 Å². The number of rotatable bonds is 6. The minimum atomic E-state index is -1.01. The molecule has 0 saturated carbocycles. The number of carbonyl (C=O) groups excluding carboxylic acids is 3. The van der Waals surface area contributed by atoms with E-state index in [1.54, 1.807) is 4.57 Å². The van der Waals surface area contributed by atoms with Crippen molar-refractivity contribution in [3.8, 4) is 0 Å². The van der Waals surface area contributed by atoms with E-state index in [0.717, 1.165) is 0 Å². The highest BCUT2D eigenvalue weighted by Crippen LogP contribution is 2.36. The molecule has 11 nitrogen and oxygen atoms in total. The third-order valence-electron chi connectivity index (χ3n) is 4.21. The summed E-state index contributed by atoms with van der Waals surface area (Å²) >= 11 is 5.45. The lowest BCUT2D eigenvalue weighted by Gasteiger charge is -2.23. The van der Waals surface area contributed by atoms with Gasteiger partial charge in [-0.15, -0.1) is 0 Å². The highest BCUT2D eigenvalue weighted by atomic mass is 127. The third-order valence-corrected chi connectivity index (χ3v) is 5.28. The summed E-state index contributed by atoms with van der Waals surface area (Å²) in [5.74, 6) is -1.71. The molecule has 4 atom stereocenters. The van der Waals surface area contributed by atoms with Gasteiger partial charge in [-0.2, -0.15) is 0 Å². The second kappa shape index (κ2) is 9.51. The van der Waals surface area contributed by atoms with Crippen molar-refractivity contribution in [1.82, 2.24) is 19.5 Å². The number of ether oxygens (including phenoxy) is 4. The Kier molecular flexibility index (Phi) is 7.23. The molecule has 1 aliphatic rings. The quantitative estimate of drug-likeness (QED) is 0.160. The number of carbonyl (C=O) groups is 3. The number of halogens is 2. The summed E-state index contributed by atoms with van der Waals surface area (Å²) in [6, 6.07) is 0. The predicted octanol–water partition coefficient (Wildman–Crippen LogP) is 1.85. The van der Waals surface area contributed by atoms with Crippen LogP contribution >= 0.6 is 38.5 Å². The van der Waals surface area contributed by atoms with E-state index in [4.69, 9.17) is 18.9 Å². The molecular weight excluding hydrogens is 579 g/mol. The van der Waals surface area contributed by atoms with Crippen LogP contribution < -0.4 is 0 Å². The number of imidazole rings is 1. The van der Waals surface area contributed by atoms with Crippen LogP contribution in [0, 0.1) is 0 Å². The normalized spacial score (nSPS) is 23.4. The Morgan fingerprint density at radius 2 is 1.80 bits per heavy atom. The van der Waals surface area contributed by atoms with E-state index in [1.807, 2.05) is 0 Å². The van der Waals surface area contributed by atoms with Crippen molar-refractivity contribution < 1.29 is 33.3 Å². The van der Waals surface area contributed by atoms with Crippen molar-refractivity contribution in [2.24, 2.45) is 0 Å². The van der Waals surface area contributed by atoms with Crippen LogP contribution in [0.1, 0.15) is 32.7 Å². The van der Waals surface area contributed by atoms with Crippen molar-refractivity contribution in [1.29, 1.82) is 0 Å². The first kappa shape index (κ1) is 22.8. The zero-order valence-corrected chi connectivity index (χ0v) is 19.9. The fourth-order valence-corrected chi connectivity index (χ4v) is 4.06. The van der Waals surface area contributed by atoms with Gasteiger partial charge in [-0.3, -0.25) is 19.0 Å². The van der Waals surface area contributed by atoms with Gasteiger partial charge in [0, 0.05) is 25.2 Å². The minimum absolute atomic E-state index is 0.189. The third kappa shape index (κ3) is 4.88. The topological polar surface area (TPSA) is 132 Å². The number of alkyl halides is 1. The van der Waals surface area contributed by atoms with Crippen LogP contribution in [0.5, 0.6) is 0 Å². The molecule has 162 valence electrons. The molecule has 2 aromatic rings. The van der Waals surface area contributed by atoms with Crippen molar-refractivity contribution in [3.05, 3.63) is 16.8 Å². The molecule has 0 radical (unpaired) electrons. The molecule has 1 aliphatic heterocycles. The fourth-order valence-electron chi connectivity index (χ4n) is 3.14. The summed E-state index contributed by atoms with van der Waals surface area (Å²) in [6.07, 6.45) is -2.31. The average molecular weight is 597 g/mol. The lowest BCUT2D eigenvalue weighted by Crippen LogP contribution is -2.40. The molecule has 0 bridgehead atoms. The van der Waals surface area contributed by atoms with Crippen LogP contribution in [0.4, 0.5) is 0 Å². The smallest absolute Gasteiger partial charge is 0.303 e. The Hall–Kier alpha value is -1.87. The maximum absolute atomic E-state index is 11.8. The summed E-state index contributed by atoms with van der Waals surface area (Å²) in [5, 5.41) is 0. The van der Waals surface area contributed by atoms with Gasteiger partial charge in [-0.1, -0.05) is 22.6 Å². The average Bonchev–Trinajstić information content (AvgIpc) is 3.20. The molecule has 0 spiro atoms. The zero-order valence-electron chi connectivity index (χ0n) is 16.2. The second-order valence-corrected chi connectivity index (χ2v) is 7.88. The fraction of sp³-hybridized carbons (Fsp3) is 0.529. The maximum atomic E-state index is 11.8. The summed E-state index contributed by atoms with van der Waals surface area (Å²) in [4.78, 5) is 47.8. The molecule has 2 aromatic heterocycles. The number of hydrogen-bond donors (Lipinski definition) is 0. The number of hydrogen-bond acceptors (Lipinski definition) is 10. The molecule has 1 saturated heterocycles. The Morgan fingerprint density at radius 3 is 2.40 bits per heavy atom. The first-order chi connectivity index (χ1) is 14.2. The van der Waals surface area contributed by atoms with E-state index in [-0.39, 0.29) is 6.61 Å². The van der Waals surface area contributed by atoms with Crippen molar-refractivity contribution in [2.75, 3.05) is 6.61 Å². The minimum Gasteiger partial charge on any atom is -0.463 e. The molecule has 2 unspecified atom stereocenters. The van der Waals surface area contributed by atoms with Crippen LogP contribution in [-0.4, -0.2) is 62.3 Å². The van der Waals surface area contributed by atoms with Gasteiger partial charge >= 0.3 is 17.9 Å². The molecule has 1 fully saturated rings. The van der Waals surface area contributed by atoms with E-state index >= 15 is 0 Å². The van der Waals surface area contributed by atoms with Crippen molar-refractivity contribution >= 4 is 67.6 Å². The Balaban J connectivity index is 2.05. The Labute approximate surface area is 193 Å². The lowest BCUT2D eigenvalue weighted by atomic mass is 10.1. The first-order valence-corrected chi connectivity index (χ1v) is 11.1. The van der Waals surface area contributed by atoms with Gasteiger partial charge in [0.1, 0.15) is 18.2 Å². The lowest BCUT2D eigenvalue weighted by molar-refractivity contribution is -0.166. The predicted molar refractivity (Wildman–Crippen MR) is 112 cm³/mol. The Bertz CT molecular complexity index is 984. The molecular formula is C17H18BrIN4O7. The number of fused-ring (bicyclic) bond motifs is 1. The standard InChI is InChI=1S/C17H18BrIN4O7/c1-7(24)27-5-11-13(28-8(2)25)14(29-9(3)26)16(30-11)23-6-20-12-10(4-19)21-17(18)22-15(12)23/h6,11,13-14,16H,4-5H2,1-3H3/t11-,13+,14?,16?/m1/s1. The van der Waals surface area contributed by atoms with Gasteiger partial charge in [0.25, 0.3) is 0 Å². The van der Waals surface area contributed by atoms with Crippen LogP contribution in [-0.2, 0) is 37.8 Å².